The standard InChI is InChI=1S/C24H20F3NO3/c25-24(26,27)19-11-6-10-18(16-19)23(31)28(15-7-14-22(29)30)21-13-5-4-12-20(21)17-8-2-1-3-9-17/h1-6,8-13,16H,7,14-15H2,(H,29,30). The summed E-state index contributed by atoms with van der Waals surface area (Å²) in [5.41, 5.74) is 1.02. The van der Waals surface area contributed by atoms with Gasteiger partial charge in [0.25, 0.3) is 5.91 Å². The maximum atomic E-state index is 13.3. The Kier molecular flexibility index (Phi) is 6.74. The van der Waals surface area contributed by atoms with Crippen molar-refractivity contribution >= 4 is 17.6 Å². The van der Waals surface area contributed by atoms with Crippen LogP contribution in [0.2, 0.25) is 0 Å². The smallest absolute Gasteiger partial charge is 0.416 e. The Morgan fingerprint density at radius 3 is 2.23 bits per heavy atom. The van der Waals surface area contributed by atoms with Gasteiger partial charge in [0.05, 0.1) is 11.3 Å². The second kappa shape index (κ2) is 9.47. The third kappa shape index (κ3) is 5.51. The summed E-state index contributed by atoms with van der Waals surface area (Å²) in [6, 6.07) is 20.6. The predicted octanol–water partition coefficient (Wildman–Crippen LogP) is 5.88. The van der Waals surface area contributed by atoms with Crippen LogP contribution in [0.4, 0.5) is 18.9 Å². The van der Waals surface area contributed by atoms with Crippen LogP contribution in [0.3, 0.4) is 0 Å². The van der Waals surface area contributed by atoms with E-state index in [1.165, 1.54) is 17.0 Å². The van der Waals surface area contributed by atoms with Crippen LogP contribution in [0.15, 0.2) is 78.9 Å². The Bertz CT molecular complexity index is 1060. The number of carbonyl (C=O) groups is 2. The van der Waals surface area contributed by atoms with Gasteiger partial charge >= 0.3 is 12.1 Å². The molecule has 0 aliphatic rings. The van der Waals surface area contributed by atoms with E-state index < -0.39 is 23.6 Å². The molecule has 0 fully saturated rings. The van der Waals surface area contributed by atoms with Gasteiger partial charge in [-0.05, 0) is 36.2 Å². The van der Waals surface area contributed by atoms with E-state index in [2.05, 4.69) is 0 Å². The summed E-state index contributed by atoms with van der Waals surface area (Å²) in [7, 11) is 0. The van der Waals surface area contributed by atoms with Gasteiger partial charge in [0.2, 0.25) is 0 Å². The number of alkyl halides is 3. The van der Waals surface area contributed by atoms with E-state index >= 15 is 0 Å². The van der Waals surface area contributed by atoms with E-state index in [4.69, 9.17) is 5.11 Å². The number of aliphatic carboxylic acids is 1. The van der Waals surface area contributed by atoms with Gasteiger partial charge in [-0.3, -0.25) is 9.59 Å². The molecule has 0 heterocycles. The van der Waals surface area contributed by atoms with Crippen molar-refractivity contribution in [3.8, 4) is 11.1 Å². The molecule has 0 saturated heterocycles. The Morgan fingerprint density at radius 1 is 0.871 bits per heavy atom. The van der Waals surface area contributed by atoms with Crippen molar-refractivity contribution in [3.63, 3.8) is 0 Å². The number of halogens is 3. The third-order valence-electron chi connectivity index (χ3n) is 4.73. The van der Waals surface area contributed by atoms with Gasteiger partial charge in [0.1, 0.15) is 0 Å². The number of benzene rings is 3. The Hall–Kier alpha value is -3.61. The number of hydrogen-bond donors (Lipinski definition) is 1. The molecule has 4 nitrogen and oxygen atoms in total. The zero-order chi connectivity index (χ0) is 22.4. The minimum Gasteiger partial charge on any atom is -0.481 e. The number of rotatable bonds is 7. The molecule has 0 aliphatic heterocycles. The van der Waals surface area contributed by atoms with Gasteiger partial charge < -0.3 is 10.0 Å². The summed E-state index contributed by atoms with van der Waals surface area (Å²) >= 11 is 0. The van der Waals surface area contributed by atoms with Crippen molar-refractivity contribution in [2.75, 3.05) is 11.4 Å². The molecule has 3 aromatic rings. The Balaban J connectivity index is 2.04. The first kappa shape index (κ1) is 22.1. The molecule has 0 bridgehead atoms. The van der Waals surface area contributed by atoms with Gasteiger partial charge in [-0.2, -0.15) is 13.2 Å². The van der Waals surface area contributed by atoms with Gasteiger partial charge in [-0.25, -0.2) is 0 Å². The Labute approximate surface area is 177 Å². The second-order valence-corrected chi connectivity index (χ2v) is 6.92. The molecule has 160 valence electrons. The molecule has 0 aliphatic carbocycles. The topological polar surface area (TPSA) is 57.6 Å². The van der Waals surface area contributed by atoms with Crippen LogP contribution in [0.5, 0.6) is 0 Å². The van der Waals surface area contributed by atoms with E-state index in [0.717, 1.165) is 23.3 Å². The maximum Gasteiger partial charge on any atom is 0.416 e. The summed E-state index contributed by atoms with van der Waals surface area (Å²) in [4.78, 5) is 25.6. The fourth-order valence-corrected chi connectivity index (χ4v) is 3.28. The number of carboxylic acid groups (broad SMARTS) is 1. The minimum absolute atomic E-state index is 0.0469. The number of nitrogens with zero attached hydrogens (tertiary/aromatic N) is 1. The average Bonchev–Trinajstić information content (AvgIpc) is 2.76. The van der Waals surface area contributed by atoms with Crippen LogP contribution in [0, 0.1) is 0 Å². The van der Waals surface area contributed by atoms with Gasteiger partial charge in [0, 0.05) is 24.1 Å². The van der Waals surface area contributed by atoms with Crippen LogP contribution < -0.4 is 4.90 Å². The molecule has 0 saturated carbocycles. The van der Waals surface area contributed by atoms with Gasteiger partial charge in [-0.1, -0.05) is 54.6 Å². The van der Waals surface area contributed by atoms with E-state index in [1.807, 2.05) is 36.4 Å². The lowest BCUT2D eigenvalue weighted by molar-refractivity contribution is -0.138. The van der Waals surface area contributed by atoms with Crippen molar-refractivity contribution in [1.82, 2.24) is 0 Å². The number of amides is 1. The van der Waals surface area contributed by atoms with Crippen molar-refractivity contribution in [1.29, 1.82) is 0 Å². The molecule has 1 N–H and O–H groups in total. The summed E-state index contributed by atoms with van der Waals surface area (Å²) in [5.74, 6) is -1.64. The highest BCUT2D eigenvalue weighted by molar-refractivity contribution is 6.08. The number of anilines is 1. The van der Waals surface area contributed by atoms with Crippen LogP contribution >= 0.6 is 0 Å². The summed E-state index contributed by atoms with van der Waals surface area (Å²) in [6.45, 7) is 0.0469. The SMILES string of the molecule is O=C(O)CCCN(C(=O)c1cccc(C(F)(F)F)c1)c1ccccc1-c1ccccc1. The molecule has 0 aromatic heterocycles. The molecule has 0 unspecified atom stereocenters. The first-order valence-corrected chi connectivity index (χ1v) is 9.63. The van der Waals surface area contributed by atoms with Crippen molar-refractivity contribution in [2.45, 2.75) is 19.0 Å². The van der Waals surface area contributed by atoms with Crippen LogP contribution in [-0.2, 0) is 11.0 Å². The monoisotopic (exact) mass is 427 g/mol. The fourth-order valence-electron chi connectivity index (χ4n) is 3.28. The van der Waals surface area contributed by atoms with Crippen molar-refractivity contribution < 1.29 is 27.9 Å². The predicted molar refractivity (Wildman–Crippen MR) is 112 cm³/mol. The summed E-state index contributed by atoms with van der Waals surface area (Å²) in [6.07, 6.45) is -4.59. The lowest BCUT2D eigenvalue weighted by atomic mass is 10.0. The third-order valence-corrected chi connectivity index (χ3v) is 4.73. The second-order valence-electron chi connectivity index (χ2n) is 6.92. The van der Waals surface area contributed by atoms with E-state index in [1.54, 1.807) is 18.2 Å². The van der Waals surface area contributed by atoms with E-state index in [0.29, 0.717) is 5.69 Å². The maximum absolute atomic E-state index is 13.3. The molecule has 3 rings (SSSR count). The van der Waals surface area contributed by atoms with E-state index in [-0.39, 0.29) is 24.9 Å². The van der Waals surface area contributed by atoms with Crippen molar-refractivity contribution in [2.24, 2.45) is 0 Å². The summed E-state index contributed by atoms with van der Waals surface area (Å²) < 4.78 is 39.4. The number of carboxylic acids is 1. The first-order valence-electron chi connectivity index (χ1n) is 9.63. The largest absolute Gasteiger partial charge is 0.481 e. The molecular weight excluding hydrogens is 407 g/mol. The molecule has 0 spiro atoms. The normalized spacial score (nSPS) is 11.2. The minimum atomic E-state index is -4.58. The molecule has 3 aromatic carbocycles. The van der Waals surface area contributed by atoms with Crippen LogP contribution in [0.1, 0.15) is 28.8 Å². The molecular formula is C24H20F3NO3. The van der Waals surface area contributed by atoms with Crippen LogP contribution in [0.25, 0.3) is 11.1 Å². The Morgan fingerprint density at radius 2 is 1.55 bits per heavy atom. The van der Waals surface area contributed by atoms with E-state index in [9.17, 15) is 22.8 Å². The lowest BCUT2D eigenvalue weighted by Crippen LogP contribution is -2.33. The van der Waals surface area contributed by atoms with Gasteiger partial charge in [-0.15, -0.1) is 0 Å². The molecule has 7 heteroatoms. The molecule has 0 radical (unpaired) electrons. The highest BCUT2D eigenvalue weighted by atomic mass is 19.4. The zero-order valence-corrected chi connectivity index (χ0v) is 16.5. The average molecular weight is 427 g/mol. The molecule has 0 atom stereocenters. The highest BCUT2D eigenvalue weighted by Gasteiger charge is 2.31. The fraction of sp³-hybridized carbons (Fsp3) is 0.167. The lowest BCUT2D eigenvalue weighted by Gasteiger charge is -2.26. The molecule has 1 amide bonds. The van der Waals surface area contributed by atoms with Crippen LogP contribution in [-0.4, -0.2) is 23.5 Å². The highest BCUT2D eigenvalue weighted by Crippen LogP contribution is 2.33. The number of carbonyl (C=O) groups excluding carboxylic acids is 1. The van der Waals surface area contributed by atoms with Crippen molar-refractivity contribution in [3.05, 3.63) is 90.0 Å². The van der Waals surface area contributed by atoms with Gasteiger partial charge in [0.15, 0.2) is 0 Å². The number of hydrogen-bond acceptors (Lipinski definition) is 2. The first-order chi connectivity index (χ1) is 14.8. The summed E-state index contributed by atoms with van der Waals surface area (Å²) in [5, 5.41) is 8.98. The quantitative estimate of drug-likeness (QED) is 0.512. The number of para-hydroxylation sites is 1. The molecule has 31 heavy (non-hydrogen) atoms. The zero-order valence-electron chi connectivity index (χ0n) is 16.5.